The summed E-state index contributed by atoms with van der Waals surface area (Å²) in [5, 5.41) is 6.69. The molecular formula is C14H21N3OS. The molecule has 0 bridgehead atoms. The van der Waals surface area contributed by atoms with Crippen LogP contribution in [0.4, 0.5) is 5.82 Å². The minimum atomic E-state index is -0.0262. The number of pyridine rings is 1. The van der Waals surface area contributed by atoms with Gasteiger partial charge in [0.2, 0.25) is 0 Å². The second-order valence-corrected chi connectivity index (χ2v) is 6.07. The summed E-state index contributed by atoms with van der Waals surface area (Å²) < 4.78 is 0. The second-order valence-electron chi connectivity index (χ2n) is 4.66. The SMILES string of the molecule is CCNc1ccc(C(=O)NCC2CCCCS2)cn1. The first-order chi connectivity index (χ1) is 9.29. The number of carbonyl (C=O) groups excluding carboxylic acids is 1. The number of nitrogens with zero attached hydrogens (tertiary/aromatic N) is 1. The number of thioether (sulfide) groups is 1. The standard InChI is InChI=1S/C14H21N3OS/c1-2-15-13-7-6-11(9-16-13)14(18)17-10-12-5-3-4-8-19-12/h6-7,9,12H,2-5,8,10H2,1H3,(H,15,16)(H,17,18). The van der Waals surface area contributed by atoms with Crippen molar-refractivity contribution in [2.75, 3.05) is 24.2 Å². The van der Waals surface area contributed by atoms with Gasteiger partial charge in [-0.25, -0.2) is 4.98 Å². The van der Waals surface area contributed by atoms with Crippen LogP contribution in [-0.2, 0) is 0 Å². The van der Waals surface area contributed by atoms with Gasteiger partial charge in [-0.15, -0.1) is 0 Å². The number of nitrogens with one attached hydrogen (secondary N) is 2. The molecule has 2 heterocycles. The summed E-state index contributed by atoms with van der Waals surface area (Å²) in [6.45, 7) is 3.61. The predicted molar refractivity (Wildman–Crippen MR) is 80.8 cm³/mol. The van der Waals surface area contributed by atoms with E-state index in [4.69, 9.17) is 0 Å². The van der Waals surface area contributed by atoms with Gasteiger partial charge in [0.25, 0.3) is 5.91 Å². The number of hydrogen-bond donors (Lipinski definition) is 2. The van der Waals surface area contributed by atoms with Gasteiger partial charge in [-0.3, -0.25) is 4.79 Å². The Morgan fingerprint density at radius 2 is 2.37 bits per heavy atom. The summed E-state index contributed by atoms with van der Waals surface area (Å²) >= 11 is 1.97. The average Bonchev–Trinajstić information content (AvgIpc) is 2.47. The average molecular weight is 279 g/mol. The number of carbonyl (C=O) groups is 1. The smallest absolute Gasteiger partial charge is 0.252 e. The molecule has 1 saturated heterocycles. The number of rotatable bonds is 5. The molecule has 104 valence electrons. The molecule has 0 aromatic carbocycles. The Balaban J connectivity index is 1.81. The van der Waals surface area contributed by atoms with Crippen LogP contribution in [0.5, 0.6) is 0 Å². The van der Waals surface area contributed by atoms with E-state index in [9.17, 15) is 4.79 Å². The highest BCUT2D eigenvalue weighted by atomic mass is 32.2. The summed E-state index contributed by atoms with van der Waals surface area (Å²) in [7, 11) is 0. The summed E-state index contributed by atoms with van der Waals surface area (Å²) in [5.41, 5.74) is 0.627. The number of amides is 1. The van der Waals surface area contributed by atoms with Gasteiger partial charge < -0.3 is 10.6 Å². The van der Waals surface area contributed by atoms with Gasteiger partial charge in [0, 0.05) is 24.5 Å². The molecule has 1 aliphatic heterocycles. The third-order valence-electron chi connectivity index (χ3n) is 3.15. The molecule has 1 fully saturated rings. The highest BCUT2D eigenvalue weighted by molar-refractivity contribution is 7.99. The third kappa shape index (κ3) is 4.42. The van der Waals surface area contributed by atoms with Crippen LogP contribution >= 0.6 is 11.8 Å². The first-order valence-corrected chi connectivity index (χ1v) is 7.94. The molecule has 1 aromatic heterocycles. The van der Waals surface area contributed by atoms with E-state index in [2.05, 4.69) is 15.6 Å². The maximum absolute atomic E-state index is 12.0. The van der Waals surface area contributed by atoms with Gasteiger partial charge in [0.05, 0.1) is 5.56 Å². The van der Waals surface area contributed by atoms with Gasteiger partial charge in [-0.2, -0.15) is 11.8 Å². The highest BCUT2D eigenvalue weighted by Crippen LogP contribution is 2.24. The van der Waals surface area contributed by atoms with Crippen molar-refractivity contribution in [1.82, 2.24) is 10.3 Å². The second kappa shape index (κ2) is 7.38. The van der Waals surface area contributed by atoms with Crippen molar-refractivity contribution in [1.29, 1.82) is 0 Å². The summed E-state index contributed by atoms with van der Waals surface area (Å²) in [6.07, 6.45) is 5.43. The van der Waals surface area contributed by atoms with Crippen molar-refractivity contribution < 1.29 is 4.79 Å². The normalized spacial score (nSPS) is 18.9. The topological polar surface area (TPSA) is 54.0 Å². The lowest BCUT2D eigenvalue weighted by Crippen LogP contribution is -2.31. The van der Waals surface area contributed by atoms with E-state index in [0.29, 0.717) is 10.8 Å². The number of hydrogen-bond acceptors (Lipinski definition) is 4. The van der Waals surface area contributed by atoms with Gasteiger partial charge in [-0.05, 0) is 37.7 Å². The van der Waals surface area contributed by atoms with Gasteiger partial charge in [0.1, 0.15) is 5.82 Å². The van der Waals surface area contributed by atoms with E-state index < -0.39 is 0 Å². The van der Waals surface area contributed by atoms with Crippen molar-refractivity contribution in [3.8, 4) is 0 Å². The van der Waals surface area contributed by atoms with Crippen molar-refractivity contribution in [3.63, 3.8) is 0 Å². The maximum atomic E-state index is 12.0. The van der Waals surface area contributed by atoms with E-state index in [1.807, 2.05) is 30.8 Å². The van der Waals surface area contributed by atoms with Crippen LogP contribution in [0.3, 0.4) is 0 Å². The molecule has 1 atom stereocenters. The Morgan fingerprint density at radius 3 is 3.00 bits per heavy atom. The molecule has 5 heteroatoms. The molecule has 1 aromatic rings. The van der Waals surface area contributed by atoms with Crippen LogP contribution in [0.15, 0.2) is 18.3 Å². The molecular weight excluding hydrogens is 258 g/mol. The van der Waals surface area contributed by atoms with E-state index >= 15 is 0 Å². The lowest BCUT2D eigenvalue weighted by molar-refractivity contribution is 0.0953. The number of anilines is 1. The van der Waals surface area contributed by atoms with Crippen molar-refractivity contribution >= 4 is 23.5 Å². The zero-order chi connectivity index (χ0) is 13.5. The fourth-order valence-corrected chi connectivity index (χ4v) is 3.33. The maximum Gasteiger partial charge on any atom is 0.252 e. The first-order valence-electron chi connectivity index (χ1n) is 6.89. The quantitative estimate of drug-likeness (QED) is 0.869. The van der Waals surface area contributed by atoms with Crippen LogP contribution in [0.25, 0.3) is 0 Å². The third-order valence-corrected chi connectivity index (χ3v) is 4.55. The fraction of sp³-hybridized carbons (Fsp3) is 0.571. The van der Waals surface area contributed by atoms with E-state index in [1.54, 1.807) is 6.20 Å². The minimum absolute atomic E-state index is 0.0262. The Bertz CT molecular complexity index is 402. The molecule has 0 radical (unpaired) electrons. The molecule has 2 N–H and O–H groups in total. The Kier molecular flexibility index (Phi) is 5.51. The Morgan fingerprint density at radius 1 is 1.47 bits per heavy atom. The predicted octanol–water partition coefficient (Wildman–Crippen LogP) is 2.53. The molecule has 4 nitrogen and oxygen atoms in total. The van der Waals surface area contributed by atoms with E-state index in [-0.39, 0.29) is 5.91 Å². The monoisotopic (exact) mass is 279 g/mol. The Labute approximate surface area is 118 Å². The van der Waals surface area contributed by atoms with Crippen LogP contribution < -0.4 is 10.6 Å². The molecule has 2 rings (SSSR count). The Hall–Kier alpha value is -1.23. The molecule has 1 amide bonds. The molecule has 0 aliphatic carbocycles. The summed E-state index contributed by atoms with van der Waals surface area (Å²) in [5.74, 6) is 2.00. The fourth-order valence-electron chi connectivity index (χ4n) is 2.09. The van der Waals surface area contributed by atoms with Gasteiger partial charge in [-0.1, -0.05) is 6.42 Å². The summed E-state index contributed by atoms with van der Waals surface area (Å²) in [6, 6.07) is 3.65. The lowest BCUT2D eigenvalue weighted by atomic mass is 10.2. The largest absolute Gasteiger partial charge is 0.370 e. The zero-order valence-corrected chi connectivity index (χ0v) is 12.1. The van der Waals surface area contributed by atoms with Crippen LogP contribution in [0.1, 0.15) is 36.5 Å². The molecule has 0 spiro atoms. The van der Waals surface area contributed by atoms with Gasteiger partial charge in [0.15, 0.2) is 0 Å². The molecule has 1 unspecified atom stereocenters. The van der Waals surface area contributed by atoms with Crippen molar-refractivity contribution in [3.05, 3.63) is 23.9 Å². The van der Waals surface area contributed by atoms with Crippen molar-refractivity contribution in [2.24, 2.45) is 0 Å². The van der Waals surface area contributed by atoms with Crippen LogP contribution in [-0.4, -0.2) is 35.0 Å². The van der Waals surface area contributed by atoms with E-state index in [0.717, 1.165) is 18.9 Å². The first kappa shape index (κ1) is 14.2. The van der Waals surface area contributed by atoms with Gasteiger partial charge >= 0.3 is 0 Å². The highest BCUT2D eigenvalue weighted by Gasteiger charge is 2.15. The molecule has 1 aliphatic rings. The minimum Gasteiger partial charge on any atom is -0.370 e. The molecule has 0 saturated carbocycles. The van der Waals surface area contributed by atoms with Crippen LogP contribution in [0, 0.1) is 0 Å². The van der Waals surface area contributed by atoms with Crippen molar-refractivity contribution in [2.45, 2.75) is 31.4 Å². The lowest BCUT2D eigenvalue weighted by Gasteiger charge is -2.21. The molecule has 19 heavy (non-hydrogen) atoms. The zero-order valence-electron chi connectivity index (χ0n) is 11.3. The van der Waals surface area contributed by atoms with E-state index in [1.165, 1.54) is 25.0 Å². The number of aromatic nitrogens is 1. The summed E-state index contributed by atoms with van der Waals surface area (Å²) in [4.78, 5) is 16.2. The van der Waals surface area contributed by atoms with Crippen LogP contribution in [0.2, 0.25) is 0 Å².